The quantitative estimate of drug-likeness (QED) is 0.329. The van der Waals surface area contributed by atoms with E-state index < -0.39 is 0 Å². The molecule has 0 aliphatic carbocycles. The summed E-state index contributed by atoms with van der Waals surface area (Å²) in [6.07, 6.45) is 9.10. The first kappa shape index (κ1) is 38.9. The number of ether oxygens (including phenoxy) is 2. The van der Waals surface area contributed by atoms with Gasteiger partial charge in [0, 0.05) is 40.6 Å². The first-order valence-electron chi connectivity index (χ1n) is 7.94. The number of hydrogen-bond acceptors (Lipinski definition) is 4. The molecule has 0 spiro atoms. The summed E-state index contributed by atoms with van der Waals surface area (Å²) in [6.45, 7) is 6.46. The standard InChI is InChI=1S/C9H20O2.C4H10O.C3H8O.2CH4.HI/c1-11-9-7-5-3-2-4-6-8-10;1-3-4-5-2;1-2-3-4;;;/h10H,2-9H2,1H3;3-4H2,1-2H3;4H,2-3H2,1H3;2*1H4;1H. The van der Waals surface area contributed by atoms with Crippen LogP contribution in [0.1, 0.15) is 80.1 Å². The van der Waals surface area contributed by atoms with Gasteiger partial charge in [0.05, 0.1) is 0 Å². The Labute approximate surface area is 164 Å². The van der Waals surface area contributed by atoms with Crippen molar-refractivity contribution in [2.75, 3.05) is 40.6 Å². The molecule has 0 rings (SSSR count). The molecule has 0 unspecified atom stereocenters. The average molecular weight is 454 g/mol. The van der Waals surface area contributed by atoms with Crippen LogP contribution in [0.3, 0.4) is 0 Å². The number of methoxy groups -OCH3 is 2. The largest absolute Gasteiger partial charge is 0.396 e. The molecule has 0 bridgehead atoms. The fourth-order valence-corrected chi connectivity index (χ4v) is 1.27. The summed E-state index contributed by atoms with van der Waals surface area (Å²) in [7, 11) is 3.45. The fraction of sp³-hybridized carbons (Fsp3) is 1.00. The smallest absolute Gasteiger partial charge is 0.0462 e. The molecule has 0 aromatic rings. The molecule has 0 saturated carbocycles. The zero-order valence-electron chi connectivity index (χ0n) is 14.6. The molecule has 5 heteroatoms. The molecule has 0 aliphatic heterocycles. The lowest BCUT2D eigenvalue weighted by Gasteiger charge is -1.99. The molecule has 0 radical (unpaired) electrons. The molecule has 150 valence electrons. The van der Waals surface area contributed by atoms with E-state index >= 15 is 0 Å². The summed E-state index contributed by atoms with van der Waals surface area (Å²) >= 11 is 0. The van der Waals surface area contributed by atoms with Crippen LogP contribution >= 0.6 is 24.0 Å². The molecule has 4 nitrogen and oxygen atoms in total. The van der Waals surface area contributed by atoms with E-state index in [0.29, 0.717) is 13.2 Å². The van der Waals surface area contributed by atoms with Crippen molar-refractivity contribution in [3.05, 3.63) is 0 Å². The topological polar surface area (TPSA) is 58.9 Å². The molecule has 0 amide bonds. The number of aliphatic hydroxyl groups is 2. The van der Waals surface area contributed by atoms with Gasteiger partial charge in [-0.25, -0.2) is 0 Å². The molecule has 0 fully saturated rings. The van der Waals surface area contributed by atoms with Gasteiger partial charge in [0.15, 0.2) is 0 Å². The summed E-state index contributed by atoms with van der Waals surface area (Å²) < 4.78 is 9.62. The zero-order valence-corrected chi connectivity index (χ0v) is 16.9. The third-order valence-corrected chi connectivity index (χ3v) is 2.39. The van der Waals surface area contributed by atoms with Gasteiger partial charge >= 0.3 is 0 Å². The molecular weight excluding hydrogens is 407 g/mol. The van der Waals surface area contributed by atoms with Gasteiger partial charge in [0.25, 0.3) is 0 Å². The Morgan fingerprint density at radius 3 is 1.26 bits per heavy atom. The van der Waals surface area contributed by atoms with E-state index in [1.807, 2.05) is 6.92 Å². The molecule has 0 aromatic heterocycles. The number of aliphatic hydroxyl groups excluding tert-OH is 2. The van der Waals surface area contributed by atoms with Crippen LogP contribution in [0.25, 0.3) is 0 Å². The Balaban J connectivity index is -0.0000000516. The second kappa shape index (κ2) is 49.5. The highest BCUT2D eigenvalue weighted by Crippen LogP contribution is 2.04. The van der Waals surface area contributed by atoms with E-state index in [1.54, 1.807) is 14.2 Å². The second-order valence-electron chi connectivity index (χ2n) is 4.55. The minimum Gasteiger partial charge on any atom is -0.396 e. The molecular formula is C18H47IO4. The van der Waals surface area contributed by atoms with Crippen molar-refractivity contribution in [3.8, 4) is 0 Å². The SMILES string of the molecule is C.C.CCCO.CCCOC.COCCCCCCCCO.I. The van der Waals surface area contributed by atoms with Gasteiger partial charge in [-0.15, -0.1) is 24.0 Å². The van der Waals surface area contributed by atoms with Crippen molar-refractivity contribution in [2.24, 2.45) is 0 Å². The van der Waals surface area contributed by atoms with Gasteiger partial charge in [-0.3, -0.25) is 0 Å². The van der Waals surface area contributed by atoms with Crippen LogP contribution in [0.5, 0.6) is 0 Å². The highest BCUT2D eigenvalue weighted by Gasteiger charge is 1.89. The summed E-state index contributed by atoms with van der Waals surface area (Å²) in [5, 5.41) is 16.4. The molecule has 0 atom stereocenters. The summed E-state index contributed by atoms with van der Waals surface area (Å²) in [6, 6.07) is 0. The van der Waals surface area contributed by atoms with Crippen molar-refractivity contribution in [1.82, 2.24) is 0 Å². The summed E-state index contributed by atoms with van der Waals surface area (Å²) in [5.74, 6) is 0. The van der Waals surface area contributed by atoms with E-state index in [0.717, 1.165) is 32.5 Å². The molecule has 23 heavy (non-hydrogen) atoms. The highest BCUT2D eigenvalue weighted by molar-refractivity contribution is 14.0. The van der Waals surface area contributed by atoms with Crippen LogP contribution in [-0.2, 0) is 9.47 Å². The lowest BCUT2D eigenvalue weighted by Crippen LogP contribution is -1.88. The van der Waals surface area contributed by atoms with Crippen molar-refractivity contribution in [1.29, 1.82) is 0 Å². The predicted molar refractivity (Wildman–Crippen MR) is 115 cm³/mol. The van der Waals surface area contributed by atoms with E-state index in [1.165, 1.54) is 32.1 Å². The molecule has 0 saturated heterocycles. The maximum Gasteiger partial charge on any atom is 0.0462 e. The first-order chi connectivity index (χ1) is 9.74. The number of hydrogen-bond donors (Lipinski definition) is 2. The fourth-order valence-electron chi connectivity index (χ4n) is 1.27. The minimum atomic E-state index is 0. The van der Waals surface area contributed by atoms with Crippen LogP contribution in [0.2, 0.25) is 0 Å². The molecule has 2 N–H and O–H groups in total. The van der Waals surface area contributed by atoms with Gasteiger partial charge in [-0.05, 0) is 25.7 Å². The van der Waals surface area contributed by atoms with E-state index in [4.69, 9.17) is 19.7 Å². The van der Waals surface area contributed by atoms with E-state index in [9.17, 15) is 0 Å². The number of halogens is 1. The van der Waals surface area contributed by atoms with Crippen LogP contribution in [0, 0.1) is 0 Å². The molecule has 0 heterocycles. The Kier molecular flexibility index (Phi) is 83.6. The monoisotopic (exact) mass is 454 g/mol. The second-order valence-corrected chi connectivity index (χ2v) is 4.55. The third-order valence-electron chi connectivity index (χ3n) is 2.39. The Morgan fingerprint density at radius 1 is 0.609 bits per heavy atom. The Bertz CT molecular complexity index is 116. The number of rotatable bonds is 11. The van der Waals surface area contributed by atoms with Crippen molar-refractivity contribution < 1.29 is 19.7 Å². The maximum absolute atomic E-state index is 8.49. The average Bonchev–Trinajstić information content (AvgIpc) is 2.48. The maximum atomic E-state index is 8.49. The summed E-state index contributed by atoms with van der Waals surface area (Å²) in [5.41, 5.74) is 0. The van der Waals surface area contributed by atoms with Gasteiger partial charge in [-0.2, -0.15) is 0 Å². The van der Waals surface area contributed by atoms with Crippen LogP contribution in [0.15, 0.2) is 0 Å². The van der Waals surface area contributed by atoms with Gasteiger partial charge in [0.1, 0.15) is 0 Å². The van der Waals surface area contributed by atoms with Crippen LogP contribution < -0.4 is 0 Å². The van der Waals surface area contributed by atoms with Gasteiger partial charge in [-0.1, -0.05) is 54.4 Å². The van der Waals surface area contributed by atoms with Crippen molar-refractivity contribution in [3.63, 3.8) is 0 Å². The van der Waals surface area contributed by atoms with E-state index in [2.05, 4.69) is 6.92 Å². The Hall–Kier alpha value is 0.570. The normalized spacial score (nSPS) is 8.09. The van der Waals surface area contributed by atoms with E-state index in [-0.39, 0.29) is 38.8 Å². The third kappa shape index (κ3) is 71.3. The predicted octanol–water partition coefficient (Wildman–Crippen LogP) is 5.29. The summed E-state index contributed by atoms with van der Waals surface area (Å²) in [4.78, 5) is 0. The lowest BCUT2D eigenvalue weighted by molar-refractivity contribution is 0.191. The van der Waals surface area contributed by atoms with Gasteiger partial charge in [0.2, 0.25) is 0 Å². The minimum absolute atomic E-state index is 0. The van der Waals surface area contributed by atoms with Gasteiger partial charge < -0.3 is 19.7 Å². The first-order valence-corrected chi connectivity index (χ1v) is 7.94. The Morgan fingerprint density at radius 2 is 1.00 bits per heavy atom. The zero-order chi connectivity index (χ0) is 15.9. The molecule has 0 aliphatic rings. The van der Waals surface area contributed by atoms with Crippen LogP contribution in [0.4, 0.5) is 0 Å². The lowest BCUT2D eigenvalue weighted by atomic mass is 10.1. The van der Waals surface area contributed by atoms with Crippen molar-refractivity contribution in [2.45, 2.75) is 80.1 Å². The molecule has 0 aromatic carbocycles. The van der Waals surface area contributed by atoms with Crippen LogP contribution in [-0.4, -0.2) is 50.9 Å². The number of unbranched alkanes of at least 4 members (excludes halogenated alkanes) is 5. The van der Waals surface area contributed by atoms with Crippen molar-refractivity contribution >= 4 is 24.0 Å². The highest BCUT2D eigenvalue weighted by atomic mass is 127.